The predicted molar refractivity (Wildman–Crippen MR) is 82.8 cm³/mol. The summed E-state index contributed by atoms with van der Waals surface area (Å²) in [5.74, 6) is 0.578. The molecular weight excluding hydrogens is 322 g/mol. The number of amides is 1. The lowest BCUT2D eigenvalue weighted by molar-refractivity contribution is -0.127. The van der Waals surface area contributed by atoms with Crippen LogP contribution in [0.25, 0.3) is 0 Å². The highest BCUT2D eigenvalue weighted by Crippen LogP contribution is 2.17. The standard InChI is InChI=1S/C15H22BrNO3/c1-12(20-14-8-6-13(16)7-9-14)15(19)17-10-4-2-3-5-11-18/h6-9,12,18H,2-5,10-11H2,1H3,(H,17,19). The Balaban J connectivity index is 2.20. The molecule has 0 heterocycles. The first-order chi connectivity index (χ1) is 9.63. The Hall–Kier alpha value is -1.07. The summed E-state index contributed by atoms with van der Waals surface area (Å²) in [5.41, 5.74) is 0. The van der Waals surface area contributed by atoms with Crippen LogP contribution < -0.4 is 10.1 Å². The van der Waals surface area contributed by atoms with Gasteiger partial charge >= 0.3 is 0 Å². The number of carbonyl (C=O) groups excluding carboxylic acids is 1. The summed E-state index contributed by atoms with van der Waals surface area (Å²) in [6.07, 6.45) is 3.27. The topological polar surface area (TPSA) is 58.6 Å². The normalized spacial score (nSPS) is 11.9. The second-order valence-corrected chi connectivity index (χ2v) is 5.56. The molecule has 1 aromatic carbocycles. The monoisotopic (exact) mass is 343 g/mol. The van der Waals surface area contributed by atoms with Gasteiger partial charge < -0.3 is 15.2 Å². The van der Waals surface area contributed by atoms with Crippen molar-refractivity contribution in [3.8, 4) is 5.75 Å². The summed E-state index contributed by atoms with van der Waals surface area (Å²) in [4.78, 5) is 11.8. The van der Waals surface area contributed by atoms with Gasteiger partial charge in [0.05, 0.1) is 0 Å². The summed E-state index contributed by atoms with van der Waals surface area (Å²) in [7, 11) is 0. The number of nitrogens with one attached hydrogen (secondary N) is 1. The lowest BCUT2D eigenvalue weighted by Crippen LogP contribution is -2.36. The van der Waals surface area contributed by atoms with Crippen LogP contribution in [0.4, 0.5) is 0 Å². The Morgan fingerprint density at radius 3 is 2.55 bits per heavy atom. The first-order valence-electron chi connectivity index (χ1n) is 6.94. The minimum Gasteiger partial charge on any atom is -0.481 e. The molecule has 0 spiro atoms. The summed E-state index contributed by atoms with van der Waals surface area (Å²) in [5, 5.41) is 11.5. The van der Waals surface area contributed by atoms with Crippen LogP contribution in [0.15, 0.2) is 28.7 Å². The molecule has 1 unspecified atom stereocenters. The van der Waals surface area contributed by atoms with Gasteiger partial charge in [-0.05, 0) is 44.0 Å². The van der Waals surface area contributed by atoms with E-state index in [9.17, 15) is 4.79 Å². The maximum absolute atomic E-state index is 11.8. The molecule has 0 bridgehead atoms. The molecule has 5 heteroatoms. The molecule has 1 atom stereocenters. The molecule has 0 fully saturated rings. The van der Waals surface area contributed by atoms with Gasteiger partial charge in [0, 0.05) is 17.6 Å². The molecule has 20 heavy (non-hydrogen) atoms. The molecule has 2 N–H and O–H groups in total. The molecule has 1 aromatic rings. The van der Waals surface area contributed by atoms with E-state index >= 15 is 0 Å². The fraction of sp³-hybridized carbons (Fsp3) is 0.533. The molecule has 0 aliphatic rings. The van der Waals surface area contributed by atoms with Crippen molar-refractivity contribution in [2.24, 2.45) is 0 Å². The fourth-order valence-corrected chi connectivity index (χ4v) is 1.98. The zero-order valence-corrected chi connectivity index (χ0v) is 13.4. The number of carbonyl (C=O) groups is 1. The average molecular weight is 344 g/mol. The summed E-state index contributed by atoms with van der Waals surface area (Å²) in [6, 6.07) is 7.40. The van der Waals surface area contributed by atoms with Gasteiger partial charge in [-0.3, -0.25) is 4.79 Å². The number of rotatable bonds is 9. The number of benzene rings is 1. The van der Waals surface area contributed by atoms with Crippen molar-refractivity contribution in [1.29, 1.82) is 0 Å². The van der Waals surface area contributed by atoms with Gasteiger partial charge in [-0.15, -0.1) is 0 Å². The molecular formula is C15H22BrNO3. The molecule has 1 amide bonds. The predicted octanol–water partition coefficient (Wildman–Crippen LogP) is 2.89. The Labute approximate surface area is 128 Å². The molecule has 0 saturated heterocycles. The minimum absolute atomic E-state index is 0.102. The Morgan fingerprint density at radius 2 is 1.90 bits per heavy atom. The van der Waals surface area contributed by atoms with Gasteiger partial charge in [-0.1, -0.05) is 28.8 Å². The fourth-order valence-electron chi connectivity index (χ4n) is 1.72. The van der Waals surface area contributed by atoms with Crippen LogP contribution in [0.1, 0.15) is 32.6 Å². The lowest BCUT2D eigenvalue weighted by Gasteiger charge is -2.14. The molecule has 0 saturated carbocycles. The average Bonchev–Trinajstić information content (AvgIpc) is 2.45. The van der Waals surface area contributed by atoms with E-state index in [1.165, 1.54) is 0 Å². The van der Waals surface area contributed by atoms with E-state index in [1.54, 1.807) is 6.92 Å². The number of unbranched alkanes of at least 4 members (excludes halogenated alkanes) is 3. The number of halogens is 1. The second-order valence-electron chi connectivity index (χ2n) is 4.64. The van der Waals surface area contributed by atoms with Crippen LogP contribution in [-0.2, 0) is 4.79 Å². The lowest BCUT2D eigenvalue weighted by atomic mass is 10.2. The molecule has 0 aliphatic carbocycles. The molecule has 0 radical (unpaired) electrons. The van der Waals surface area contributed by atoms with Crippen LogP contribution in [0.2, 0.25) is 0 Å². The van der Waals surface area contributed by atoms with Crippen LogP contribution in [0.5, 0.6) is 5.75 Å². The molecule has 0 aliphatic heterocycles. The zero-order valence-electron chi connectivity index (χ0n) is 11.8. The SMILES string of the molecule is CC(Oc1ccc(Br)cc1)C(=O)NCCCCCCO. The van der Waals surface area contributed by atoms with Gasteiger partial charge in [-0.25, -0.2) is 0 Å². The van der Waals surface area contributed by atoms with Crippen LogP contribution in [0.3, 0.4) is 0 Å². The quantitative estimate of drug-likeness (QED) is 0.678. The third-order valence-electron chi connectivity index (χ3n) is 2.88. The highest BCUT2D eigenvalue weighted by atomic mass is 79.9. The van der Waals surface area contributed by atoms with E-state index in [4.69, 9.17) is 9.84 Å². The van der Waals surface area contributed by atoms with Gasteiger partial charge in [0.15, 0.2) is 6.10 Å². The third kappa shape index (κ3) is 6.91. The number of aliphatic hydroxyl groups excluding tert-OH is 1. The van der Waals surface area contributed by atoms with E-state index in [1.807, 2.05) is 24.3 Å². The van der Waals surface area contributed by atoms with E-state index < -0.39 is 6.10 Å². The maximum Gasteiger partial charge on any atom is 0.260 e. The Morgan fingerprint density at radius 1 is 1.25 bits per heavy atom. The smallest absolute Gasteiger partial charge is 0.260 e. The van der Waals surface area contributed by atoms with Crippen LogP contribution in [-0.4, -0.2) is 30.3 Å². The largest absolute Gasteiger partial charge is 0.481 e. The number of hydrogen-bond acceptors (Lipinski definition) is 3. The highest BCUT2D eigenvalue weighted by Gasteiger charge is 2.13. The highest BCUT2D eigenvalue weighted by molar-refractivity contribution is 9.10. The summed E-state index contributed by atoms with van der Waals surface area (Å²) < 4.78 is 6.54. The van der Waals surface area contributed by atoms with E-state index in [-0.39, 0.29) is 12.5 Å². The van der Waals surface area contributed by atoms with Crippen LogP contribution >= 0.6 is 15.9 Å². The van der Waals surface area contributed by atoms with Crippen molar-refractivity contribution in [3.63, 3.8) is 0 Å². The van der Waals surface area contributed by atoms with Gasteiger partial charge in [0.25, 0.3) is 5.91 Å². The molecule has 4 nitrogen and oxygen atoms in total. The number of hydrogen-bond donors (Lipinski definition) is 2. The van der Waals surface area contributed by atoms with Gasteiger partial charge in [0.1, 0.15) is 5.75 Å². The zero-order chi connectivity index (χ0) is 14.8. The minimum atomic E-state index is -0.506. The van der Waals surface area contributed by atoms with Gasteiger partial charge in [-0.2, -0.15) is 0 Å². The maximum atomic E-state index is 11.8. The second kappa shape index (κ2) is 9.77. The number of ether oxygens (including phenoxy) is 1. The first kappa shape index (κ1) is 17.0. The third-order valence-corrected chi connectivity index (χ3v) is 3.41. The van der Waals surface area contributed by atoms with Crippen molar-refractivity contribution < 1.29 is 14.6 Å². The van der Waals surface area contributed by atoms with Crippen molar-refractivity contribution in [3.05, 3.63) is 28.7 Å². The van der Waals surface area contributed by atoms with Crippen molar-refractivity contribution in [1.82, 2.24) is 5.32 Å². The van der Waals surface area contributed by atoms with E-state index in [0.29, 0.717) is 12.3 Å². The van der Waals surface area contributed by atoms with E-state index in [2.05, 4.69) is 21.2 Å². The Bertz CT molecular complexity index is 395. The van der Waals surface area contributed by atoms with E-state index in [0.717, 1.165) is 30.2 Å². The van der Waals surface area contributed by atoms with Crippen molar-refractivity contribution in [2.75, 3.05) is 13.2 Å². The summed E-state index contributed by atoms with van der Waals surface area (Å²) >= 11 is 3.35. The molecule has 112 valence electrons. The Kier molecular flexibility index (Phi) is 8.30. The summed E-state index contributed by atoms with van der Waals surface area (Å²) in [6.45, 7) is 2.63. The van der Waals surface area contributed by atoms with Gasteiger partial charge in [0.2, 0.25) is 0 Å². The van der Waals surface area contributed by atoms with Crippen LogP contribution in [0, 0.1) is 0 Å². The molecule has 0 aromatic heterocycles. The van der Waals surface area contributed by atoms with Crippen molar-refractivity contribution >= 4 is 21.8 Å². The molecule has 1 rings (SSSR count). The number of aliphatic hydroxyl groups is 1. The van der Waals surface area contributed by atoms with Crippen molar-refractivity contribution in [2.45, 2.75) is 38.7 Å². The first-order valence-corrected chi connectivity index (χ1v) is 7.73.